The van der Waals surface area contributed by atoms with E-state index in [1.165, 1.54) is 0 Å². The molecule has 0 heterocycles. The number of hydrogen-bond donors (Lipinski definition) is 3. The third-order valence-electron chi connectivity index (χ3n) is 3.58. The predicted molar refractivity (Wildman–Crippen MR) is 112 cm³/mol. The molecule has 3 rings (SSSR count). The molecule has 3 amide bonds. The number of amides is 3. The van der Waals surface area contributed by atoms with Gasteiger partial charge < -0.3 is 16.4 Å². The third kappa shape index (κ3) is 5.60. The van der Waals surface area contributed by atoms with Crippen LogP contribution >= 0.6 is 27.7 Å². The van der Waals surface area contributed by atoms with Crippen molar-refractivity contribution in [2.24, 2.45) is 5.73 Å². The molecule has 4 N–H and O–H groups in total. The van der Waals surface area contributed by atoms with Gasteiger partial charge in [-0.05, 0) is 72.8 Å². The monoisotopic (exact) mass is 441 g/mol. The van der Waals surface area contributed by atoms with Gasteiger partial charge in [0, 0.05) is 31.2 Å². The molecule has 0 aliphatic heterocycles. The minimum Gasteiger partial charge on any atom is -0.351 e. The lowest BCUT2D eigenvalue weighted by molar-refractivity contribution is 0.102. The van der Waals surface area contributed by atoms with E-state index < -0.39 is 6.03 Å². The van der Waals surface area contributed by atoms with Gasteiger partial charge in [0.15, 0.2) is 0 Å². The predicted octanol–water partition coefficient (Wildman–Crippen LogP) is 5.34. The molecule has 3 aromatic carbocycles. The molecule has 7 heteroatoms. The fourth-order valence-electron chi connectivity index (χ4n) is 2.30. The van der Waals surface area contributed by atoms with Crippen LogP contribution in [-0.2, 0) is 0 Å². The first kappa shape index (κ1) is 19.0. The molecule has 0 atom stereocenters. The Labute approximate surface area is 169 Å². The molecule has 0 fully saturated rings. The number of primary amides is 1. The lowest BCUT2D eigenvalue weighted by Gasteiger charge is -2.08. The Morgan fingerprint density at radius 2 is 1.22 bits per heavy atom. The SMILES string of the molecule is NC(=O)Nc1ccc(C(=O)Nc2ccc(Sc3ccc(Br)cc3)cc2)cc1. The summed E-state index contributed by atoms with van der Waals surface area (Å²) in [7, 11) is 0. The number of urea groups is 1. The van der Waals surface area contributed by atoms with Gasteiger partial charge in [0.2, 0.25) is 0 Å². The molecule has 3 aromatic rings. The number of nitrogens with one attached hydrogen (secondary N) is 2. The maximum atomic E-state index is 12.3. The standard InChI is InChI=1S/C20H16BrN3O2S/c21-14-3-9-17(10-4-14)27-18-11-7-15(8-12-18)23-19(25)13-1-5-16(6-2-13)24-20(22)26/h1-12H,(H,23,25)(H3,22,24,26). The van der Waals surface area contributed by atoms with E-state index in [2.05, 4.69) is 26.6 Å². The Morgan fingerprint density at radius 1 is 0.741 bits per heavy atom. The zero-order valence-corrected chi connectivity index (χ0v) is 16.5. The van der Waals surface area contributed by atoms with E-state index in [0.717, 1.165) is 14.3 Å². The van der Waals surface area contributed by atoms with Gasteiger partial charge in [0.1, 0.15) is 0 Å². The van der Waals surface area contributed by atoms with Crippen LogP contribution in [-0.4, -0.2) is 11.9 Å². The highest BCUT2D eigenvalue weighted by Gasteiger charge is 2.07. The number of nitrogens with two attached hydrogens (primary N) is 1. The summed E-state index contributed by atoms with van der Waals surface area (Å²) in [5, 5.41) is 5.30. The molecule has 0 saturated carbocycles. The highest BCUT2D eigenvalue weighted by Crippen LogP contribution is 2.29. The van der Waals surface area contributed by atoms with Gasteiger partial charge in [-0.3, -0.25) is 4.79 Å². The van der Waals surface area contributed by atoms with Crippen molar-refractivity contribution < 1.29 is 9.59 Å². The summed E-state index contributed by atoms with van der Waals surface area (Å²) in [6.45, 7) is 0. The van der Waals surface area contributed by atoms with E-state index >= 15 is 0 Å². The molecule has 0 unspecified atom stereocenters. The third-order valence-corrected chi connectivity index (χ3v) is 5.12. The fourth-order valence-corrected chi connectivity index (χ4v) is 3.38. The van der Waals surface area contributed by atoms with Gasteiger partial charge in [-0.15, -0.1) is 0 Å². The van der Waals surface area contributed by atoms with Crippen molar-refractivity contribution >= 4 is 51.0 Å². The summed E-state index contributed by atoms with van der Waals surface area (Å²) >= 11 is 5.07. The Kier molecular flexibility index (Phi) is 6.16. The summed E-state index contributed by atoms with van der Waals surface area (Å²) in [6, 6.07) is 21.6. The van der Waals surface area contributed by atoms with Gasteiger partial charge in [-0.25, -0.2) is 4.79 Å². The second-order valence-electron chi connectivity index (χ2n) is 5.60. The molecule has 0 spiro atoms. The van der Waals surface area contributed by atoms with Gasteiger partial charge in [-0.1, -0.05) is 27.7 Å². The number of hydrogen-bond acceptors (Lipinski definition) is 3. The molecule has 0 aromatic heterocycles. The number of benzene rings is 3. The Morgan fingerprint density at radius 3 is 1.78 bits per heavy atom. The fraction of sp³-hybridized carbons (Fsp3) is 0. The van der Waals surface area contributed by atoms with Crippen LogP contribution in [0.1, 0.15) is 10.4 Å². The van der Waals surface area contributed by atoms with Crippen molar-refractivity contribution in [3.8, 4) is 0 Å². The van der Waals surface area contributed by atoms with E-state index in [-0.39, 0.29) is 5.91 Å². The van der Waals surface area contributed by atoms with E-state index in [9.17, 15) is 9.59 Å². The first-order chi connectivity index (χ1) is 13.0. The van der Waals surface area contributed by atoms with Crippen molar-refractivity contribution in [3.63, 3.8) is 0 Å². The molecule has 27 heavy (non-hydrogen) atoms. The molecule has 0 aliphatic carbocycles. The molecular weight excluding hydrogens is 426 g/mol. The van der Waals surface area contributed by atoms with E-state index in [0.29, 0.717) is 16.9 Å². The van der Waals surface area contributed by atoms with Crippen molar-refractivity contribution in [2.75, 3.05) is 10.6 Å². The van der Waals surface area contributed by atoms with Crippen LogP contribution < -0.4 is 16.4 Å². The average molecular weight is 442 g/mol. The van der Waals surface area contributed by atoms with Crippen LogP contribution in [0.4, 0.5) is 16.2 Å². The van der Waals surface area contributed by atoms with Crippen molar-refractivity contribution in [3.05, 3.63) is 82.8 Å². The Bertz CT molecular complexity index is 942. The topological polar surface area (TPSA) is 84.2 Å². The maximum absolute atomic E-state index is 12.3. The normalized spacial score (nSPS) is 10.3. The van der Waals surface area contributed by atoms with Crippen molar-refractivity contribution in [1.82, 2.24) is 0 Å². The van der Waals surface area contributed by atoms with Crippen molar-refractivity contribution in [2.45, 2.75) is 9.79 Å². The maximum Gasteiger partial charge on any atom is 0.316 e. The molecule has 0 saturated heterocycles. The minimum absolute atomic E-state index is 0.228. The number of halogens is 1. The lowest BCUT2D eigenvalue weighted by Crippen LogP contribution is -2.19. The summed E-state index contributed by atoms with van der Waals surface area (Å²) in [4.78, 5) is 25.4. The second kappa shape index (κ2) is 8.75. The average Bonchev–Trinajstić information content (AvgIpc) is 2.65. The zero-order chi connectivity index (χ0) is 19.2. The first-order valence-corrected chi connectivity index (χ1v) is 9.62. The summed E-state index contributed by atoms with van der Waals surface area (Å²) in [6.07, 6.45) is 0. The summed E-state index contributed by atoms with van der Waals surface area (Å²) in [5.41, 5.74) is 6.79. The van der Waals surface area contributed by atoms with E-state index in [1.54, 1.807) is 36.0 Å². The Hall–Kier alpha value is -2.77. The molecule has 5 nitrogen and oxygen atoms in total. The van der Waals surface area contributed by atoms with Crippen LogP contribution in [0.3, 0.4) is 0 Å². The van der Waals surface area contributed by atoms with Crippen LogP contribution in [0.25, 0.3) is 0 Å². The number of anilines is 2. The van der Waals surface area contributed by atoms with Crippen molar-refractivity contribution in [1.29, 1.82) is 0 Å². The van der Waals surface area contributed by atoms with Crippen LogP contribution in [0, 0.1) is 0 Å². The van der Waals surface area contributed by atoms with Crippen LogP contribution in [0.2, 0.25) is 0 Å². The van der Waals surface area contributed by atoms with E-state index in [4.69, 9.17) is 5.73 Å². The molecule has 0 aliphatic rings. The summed E-state index contributed by atoms with van der Waals surface area (Å²) in [5.74, 6) is -0.228. The molecule has 136 valence electrons. The van der Waals surface area contributed by atoms with Gasteiger partial charge >= 0.3 is 6.03 Å². The van der Waals surface area contributed by atoms with Crippen LogP contribution in [0.5, 0.6) is 0 Å². The zero-order valence-electron chi connectivity index (χ0n) is 14.1. The number of carbonyl (C=O) groups excluding carboxylic acids is 2. The molecule has 0 bridgehead atoms. The molecular formula is C20H16BrN3O2S. The lowest BCUT2D eigenvalue weighted by atomic mass is 10.2. The highest BCUT2D eigenvalue weighted by molar-refractivity contribution is 9.10. The summed E-state index contributed by atoms with van der Waals surface area (Å²) < 4.78 is 1.04. The number of rotatable bonds is 5. The van der Waals surface area contributed by atoms with Crippen LogP contribution in [0.15, 0.2) is 87.1 Å². The largest absolute Gasteiger partial charge is 0.351 e. The quantitative estimate of drug-likeness (QED) is 0.499. The molecule has 0 radical (unpaired) electrons. The number of carbonyl (C=O) groups is 2. The minimum atomic E-state index is -0.645. The Balaban J connectivity index is 1.61. The second-order valence-corrected chi connectivity index (χ2v) is 7.66. The van der Waals surface area contributed by atoms with Gasteiger partial charge in [-0.2, -0.15) is 0 Å². The smallest absolute Gasteiger partial charge is 0.316 e. The first-order valence-electron chi connectivity index (χ1n) is 8.01. The van der Waals surface area contributed by atoms with Gasteiger partial charge in [0.25, 0.3) is 5.91 Å². The van der Waals surface area contributed by atoms with Gasteiger partial charge in [0.05, 0.1) is 0 Å². The highest BCUT2D eigenvalue weighted by atomic mass is 79.9. The van der Waals surface area contributed by atoms with E-state index in [1.807, 2.05) is 48.5 Å².